The minimum Gasteiger partial charge on any atom is -0.313 e. The van der Waals surface area contributed by atoms with Crippen LogP contribution in [-0.4, -0.2) is 18.9 Å². The Morgan fingerprint density at radius 2 is 2.19 bits per heavy atom. The zero-order valence-electron chi connectivity index (χ0n) is 10.0. The molecule has 0 spiro atoms. The first kappa shape index (κ1) is 12.7. The zero-order chi connectivity index (χ0) is 12.0. The third kappa shape index (κ3) is 3.63. The van der Waals surface area contributed by atoms with E-state index in [1.54, 1.807) is 6.08 Å². The van der Waals surface area contributed by atoms with Gasteiger partial charge in [-0.25, -0.2) is 0 Å². The number of ketones is 1. The van der Waals surface area contributed by atoms with Gasteiger partial charge in [0.25, 0.3) is 0 Å². The molecule has 1 aromatic rings. The fraction of sp³-hybridized carbons (Fsp3) is 0.357. The lowest BCUT2D eigenvalue weighted by molar-refractivity contribution is 0.0982. The Bertz CT molecular complexity index is 382. The number of aryl methyl sites for hydroxylation is 2. The second-order valence-electron chi connectivity index (χ2n) is 3.98. The van der Waals surface area contributed by atoms with Crippen molar-refractivity contribution < 1.29 is 4.79 Å². The lowest BCUT2D eigenvalue weighted by atomic mass is 10.0. The van der Waals surface area contributed by atoms with Gasteiger partial charge in [0.1, 0.15) is 0 Å². The zero-order valence-corrected chi connectivity index (χ0v) is 10.0. The van der Waals surface area contributed by atoms with Crippen LogP contribution in [0.25, 0.3) is 0 Å². The van der Waals surface area contributed by atoms with Gasteiger partial charge in [-0.15, -0.1) is 6.58 Å². The van der Waals surface area contributed by atoms with Crippen LogP contribution in [0.1, 0.15) is 27.9 Å². The molecule has 0 saturated heterocycles. The van der Waals surface area contributed by atoms with Crippen LogP contribution in [0.5, 0.6) is 0 Å². The van der Waals surface area contributed by atoms with Gasteiger partial charge in [0.2, 0.25) is 0 Å². The van der Waals surface area contributed by atoms with Crippen LogP contribution in [0.2, 0.25) is 0 Å². The molecule has 0 atom stereocenters. The average Bonchev–Trinajstić information content (AvgIpc) is 2.27. The SMILES string of the molecule is C=CCNCCC(=O)c1cc(C)ccc1C. The molecule has 2 heteroatoms. The predicted molar refractivity (Wildman–Crippen MR) is 67.9 cm³/mol. The van der Waals surface area contributed by atoms with Gasteiger partial charge in [0.15, 0.2) is 5.78 Å². The molecule has 0 aliphatic heterocycles. The van der Waals surface area contributed by atoms with Gasteiger partial charge in [0, 0.05) is 25.1 Å². The smallest absolute Gasteiger partial charge is 0.164 e. The summed E-state index contributed by atoms with van der Waals surface area (Å²) in [5.74, 6) is 0.206. The molecule has 1 aromatic carbocycles. The van der Waals surface area contributed by atoms with Gasteiger partial charge in [0.05, 0.1) is 0 Å². The lowest BCUT2D eigenvalue weighted by Gasteiger charge is -2.06. The number of carbonyl (C=O) groups excluding carboxylic acids is 1. The summed E-state index contributed by atoms with van der Waals surface area (Å²) < 4.78 is 0. The predicted octanol–water partition coefficient (Wildman–Crippen LogP) is 2.65. The quantitative estimate of drug-likeness (QED) is 0.451. The number of rotatable bonds is 6. The summed E-state index contributed by atoms with van der Waals surface area (Å²) in [7, 11) is 0. The molecule has 2 nitrogen and oxygen atoms in total. The van der Waals surface area contributed by atoms with Crippen molar-refractivity contribution in [3.05, 3.63) is 47.5 Å². The summed E-state index contributed by atoms with van der Waals surface area (Å²) in [6.07, 6.45) is 2.33. The van der Waals surface area contributed by atoms with Crippen LogP contribution in [0.4, 0.5) is 0 Å². The fourth-order valence-corrected chi connectivity index (χ4v) is 1.58. The van der Waals surface area contributed by atoms with E-state index in [4.69, 9.17) is 0 Å². The molecule has 1 N–H and O–H groups in total. The molecule has 0 amide bonds. The van der Waals surface area contributed by atoms with E-state index in [0.717, 1.165) is 23.2 Å². The van der Waals surface area contributed by atoms with Gasteiger partial charge in [-0.2, -0.15) is 0 Å². The summed E-state index contributed by atoms with van der Waals surface area (Å²) in [6.45, 7) is 9.05. The van der Waals surface area contributed by atoms with Crippen LogP contribution in [0.3, 0.4) is 0 Å². The van der Waals surface area contributed by atoms with Crippen molar-refractivity contribution in [2.45, 2.75) is 20.3 Å². The monoisotopic (exact) mass is 217 g/mol. The van der Waals surface area contributed by atoms with Crippen molar-refractivity contribution in [2.75, 3.05) is 13.1 Å². The Balaban J connectivity index is 2.58. The molecule has 1 rings (SSSR count). The summed E-state index contributed by atoms with van der Waals surface area (Å²) in [6, 6.07) is 5.99. The molecule has 0 saturated carbocycles. The first-order valence-corrected chi connectivity index (χ1v) is 5.57. The van der Waals surface area contributed by atoms with Crippen molar-refractivity contribution in [1.82, 2.24) is 5.32 Å². The van der Waals surface area contributed by atoms with Crippen LogP contribution < -0.4 is 5.32 Å². The molecule has 0 aromatic heterocycles. The molecule has 0 radical (unpaired) electrons. The van der Waals surface area contributed by atoms with Gasteiger partial charge in [-0.05, 0) is 25.5 Å². The molecule has 0 aliphatic carbocycles. The Hall–Kier alpha value is -1.41. The van der Waals surface area contributed by atoms with Gasteiger partial charge >= 0.3 is 0 Å². The molecule has 16 heavy (non-hydrogen) atoms. The first-order chi connectivity index (χ1) is 7.65. The van der Waals surface area contributed by atoms with E-state index in [9.17, 15) is 4.79 Å². The fourth-order valence-electron chi connectivity index (χ4n) is 1.58. The second-order valence-corrected chi connectivity index (χ2v) is 3.98. The highest BCUT2D eigenvalue weighted by Crippen LogP contribution is 2.12. The molecule has 0 unspecified atom stereocenters. The average molecular weight is 217 g/mol. The lowest BCUT2D eigenvalue weighted by Crippen LogP contribution is -2.18. The maximum Gasteiger partial charge on any atom is 0.164 e. The molecule has 0 heterocycles. The molecular formula is C14H19NO. The van der Waals surface area contributed by atoms with Crippen molar-refractivity contribution in [3.8, 4) is 0 Å². The summed E-state index contributed by atoms with van der Waals surface area (Å²) in [5, 5.41) is 3.13. The molecule has 0 aliphatic rings. The molecule has 0 bridgehead atoms. The topological polar surface area (TPSA) is 29.1 Å². The maximum absolute atomic E-state index is 11.9. The van der Waals surface area contributed by atoms with E-state index in [0.29, 0.717) is 13.0 Å². The standard InChI is InChI=1S/C14H19NO/c1-4-8-15-9-7-14(16)13-10-11(2)5-6-12(13)3/h4-6,10,15H,1,7-9H2,2-3H3. The van der Waals surface area contributed by atoms with E-state index in [1.165, 1.54) is 0 Å². The minimum absolute atomic E-state index is 0.206. The Morgan fingerprint density at radius 3 is 2.88 bits per heavy atom. The first-order valence-electron chi connectivity index (χ1n) is 5.57. The van der Waals surface area contributed by atoms with E-state index in [2.05, 4.69) is 11.9 Å². The summed E-state index contributed by atoms with van der Waals surface area (Å²) in [5.41, 5.74) is 3.03. The molecule has 86 valence electrons. The minimum atomic E-state index is 0.206. The third-order valence-corrected chi connectivity index (χ3v) is 2.51. The largest absolute Gasteiger partial charge is 0.313 e. The van der Waals surface area contributed by atoms with Crippen LogP contribution in [-0.2, 0) is 0 Å². The summed E-state index contributed by atoms with van der Waals surface area (Å²) in [4.78, 5) is 11.9. The maximum atomic E-state index is 11.9. The van der Waals surface area contributed by atoms with Gasteiger partial charge in [-0.1, -0.05) is 23.8 Å². The molecule has 0 fully saturated rings. The van der Waals surface area contributed by atoms with E-state index < -0.39 is 0 Å². The number of carbonyl (C=O) groups is 1. The van der Waals surface area contributed by atoms with Crippen molar-refractivity contribution in [2.24, 2.45) is 0 Å². The van der Waals surface area contributed by atoms with E-state index in [1.807, 2.05) is 32.0 Å². The number of nitrogens with one attached hydrogen (secondary N) is 1. The number of hydrogen-bond acceptors (Lipinski definition) is 2. The number of benzene rings is 1. The van der Waals surface area contributed by atoms with Gasteiger partial charge < -0.3 is 5.32 Å². The Morgan fingerprint density at radius 1 is 1.44 bits per heavy atom. The van der Waals surface area contributed by atoms with E-state index in [-0.39, 0.29) is 5.78 Å². The second kappa shape index (κ2) is 6.23. The van der Waals surface area contributed by atoms with Crippen molar-refractivity contribution in [1.29, 1.82) is 0 Å². The summed E-state index contributed by atoms with van der Waals surface area (Å²) >= 11 is 0. The Labute approximate surface area is 97.4 Å². The van der Waals surface area contributed by atoms with Crippen LogP contribution in [0, 0.1) is 13.8 Å². The highest BCUT2D eigenvalue weighted by atomic mass is 16.1. The van der Waals surface area contributed by atoms with Crippen molar-refractivity contribution in [3.63, 3.8) is 0 Å². The van der Waals surface area contributed by atoms with Crippen molar-refractivity contribution >= 4 is 5.78 Å². The van der Waals surface area contributed by atoms with Gasteiger partial charge in [-0.3, -0.25) is 4.79 Å². The third-order valence-electron chi connectivity index (χ3n) is 2.51. The number of Topliss-reactive ketones (excluding diaryl/α,β-unsaturated/α-hetero) is 1. The number of hydrogen-bond donors (Lipinski definition) is 1. The highest BCUT2D eigenvalue weighted by Gasteiger charge is 2.08. The highest BCUT2D eigenvalue weighted by molar-refractivity contribution is 5.97. The van der Waals surface area contributed by atoms with Crippen LogP contribution >= 0.6 is 0 Å². The molecular weight excluding hydrogens is 198 g/mol. The normalized spacial score (nSPS) is 10.1. The Kier molecular flexibility index (Phi) is 4.93. The van der Waals surface area contributed by atoms with E-state index >= 15 is 0 Å². The van der Waals surface area contributed by atoms with Crippen LogP contribution in [0.15, 0.2) is 30.9 Å².